The maximum absolute atomic E-state index is 13.6. The Hall–Kier alpha value is -3.39. The van der Waals surface area contributed by atoms with Gasteiger partial charge in [-0.1, -0.05) is 37.2 Å². The molecule has 14 heteroatoms. The Balaban J connectivity index is 0.00000116. The average molecular weight is 618 g/mol. The van der Waals surface area contributed by atoms with Crippen molar-refractivity contribution >= 4 is 12.6 Å². The molecule has 5 rings (SSSR count). The molecule has 1 fully saturated rings. The van der Waals surface area contributed by atoms with E-state index in [2.05, 4.69) is 32.7 Å². The van der Waals surface area contributed by atoms with Crippen LogP contribution in [0.1, 0.15) is 55.4 Å². The van der Waals surface area contributed by atoms with E-state index in [1.165, 1.54) is 24.4 Å². The number of rotatable bonds is 5. The molecule has 228 valence electrons. The van der Waals surface area contributed by atoms with Gasteiger partial charge >= 0.3 is 12.4 Å². The number of aromatic nitrogens is 4. The molecule has 2 aromatic carbocycles. The molecule has 1 aliphatic heterocycles. The van der Waals surface area contributed by atoms with Gasteiger partial charge in [-0.15, -0.1) is 0 Å². The lowest BCUT2D eigenvalue weighted by molar-refractivity contribution is -0.140. The first-order valence-corrected chi connectivity index (χ1v) is 14.0. The third-order valence-electron chi connectivity index (χ3n) is 6.44. The van der Waals surface area contributed by atoms with E-state index in [1.54, 1.807) is 6.26 Å². The molecule has 0 saturated carbocycles. The molecule has 0 aliphatic carbocycles. The molecule has 0 amide bonds. The Bertz CT molecular complexity index is 1430. The highest BCUT2D eigenvalue weighted by molar-refractivity contribution is 7.79. The monoisotopic (exact) mass is 617 g/mol. The molecule has 6 nitrogen and oxygen atoms in total. The van der Waals surface area contributed by atoms with Crippen molar-refractivity contribution in [3.05, 3.63) is 77.3 Å². The van der Waals surface area contributed by atoms with Crippen molar-refractivity contribution in [2.24, 2.45) is 0 Å². The van der Waals surface area contributed by atoms with Gasteiger partial charge < -0.3 is 9.51 Å². The van der Waals surface area contributed by atoms with Crippen LogP contribution >= 0.6 is 12.6 Å². The van der Waals surface area contributed by atoms with Crippen molar-refractivity contribution in [2.45, 2.75) is 51.5 Å². The van der Waals surface area contributed by atoms with Gasteiger partial charge in [0.2, 0.25) is 0 Å². The van der Waals surface area contributed by atoms with Gasteiger partial charge in [0, 0.05) is 17.0 Å². The number of halogens is 7. The number of hydrogen-bond donors (Lipinski definition) is 2. The van der Waals surface area contributed by atoms with E-state index in [4.69, 9.17) is 4.52 Å². The van der Waals surface area contributed by atoms with Gasteiger partial charge in [0.15, 0.2) is 5.82 Å². The first kappa shape index (κ1) is 33.1. The quantitative estimate of drug-likeness (QED) is 0.174. The summed E-state index contributed by atoms with van der Waals surface area (Å²) in [5.41, 5.74) is -1.87. The van der Waals surface area contributed by atoms with Crippen molar-refractivity contribution in [1.29, 1.82) is 0 Å². The minimum atomic E-state index is -4.86. The number of nitrogens with zero attached hydrogens (tertiary/aromatic N) is 4. The summed E-state index contributed by atoms with van der Waals surface area (Å²) in [5, 5.41) is 3.83. The predicted octanol–water partition coefficient (Wildman–Crippen LogP) is 8.26. The summed E-state index contributed by atoms with van der Waals surface area (Å²) in [5.74, 6) is -0.658. The van der Waals surface area contributed by atoms with Gasteiger partial charge in [0.05, 0.1) is 29.6 Å². The molecule has 1 saturated heterocycles. The van der Waals surface area contributed by atoms with Crippen LogP contribution in [0.2, 0.25) is 0 Å². The van der Waals surface area contributed by atoms with Crippen LogP contribution in [0.25, 0.3) is 22.7 Å². The van der Waals surface area contributed by atoms with E-state index in [-0.39, 0.29) is 35.3 Å². The van der Waals surface area contributed by atoms with Crippen LogP contribution in [0, 0.1) is 5.82 Å². The lowest BCUT2D eigenvalue weighted by Crippen LogP contribution is -2.33. The van der Waals surface area contributed by atoms with E-state index >= 15 is 0 Å². The van der Waals surface area contributed by atoms with Crippen LogP contribution in [0.15, 0.2) is 53.2 Å². The second kappa shape index (κ2) is 14.2. The summed E-state index contributed by atoms with van der Waals surface area (Å²) in [6.45, 7) is 5.50. The van der Waals surface area contributed by atoms with Crippen LogP contribution < -0.4 is 0 Å². The minimum absolute atomic E-state index is 0.0129. The molecule has 0 radical (unpaired) electrons. The fourth-order valence-electron chi connectivity index (χ4n) is 4.52. The Morgan fingerprint density at radius 1 is 0.952 bits per heavy atom. The second-order valence-electron chi connectivity index (χ2n) is 8.98. The summed E-state index contributed by atoms with van der Waals surface area (Å²) in [6.07, 6.45) is -4.90. The molecular formula is C28H30F7N5OS. The number of hydrogen-bond acceptors (Lipinski definition) is 6. The highest BCUT2D eigenvalue weighted by Crippen LogP contribution is 2.37. The van der Waals surface area contributed by atoms with E-state index in [0.717, 1.165) is 12.1 Å². The molecule has 42 heavy (non-hydrogen) atoms. The summed E-state index contributed by atoms with van der Waals surface area (Å²) >= 11 is 3.53. The van der Waals surface area contributed by atoms with Crippen molar-refractivity contribution in [3.8, 4) is 22.7 Å². The highest BCUT2D eigenvalue weighted by atomic mass is 32.1. The van der Waals surface area contributed by atoms with Crippen LogP contribution in [-0.4, -0.2) is 44.4 Å². The topological polar surface area (TPSA) is 70.8 Å². The lowest BCUT2D eigenvalue weighted by atomic mass is 9.96. The van der Waals surface area contributed by atoms with Gasteiger partial charge in [-0.05, 0) is 56.5 Å². The van der Waals surface area contributed by atoms with Crippen LogP contribution in [-0.2, 0) is 18.9 Å². The molecule has 1 aliphatic rings. The number of H-pyrrole nitrogens is 1. The molecule has 0 atom stereocenters. The van der Waals surface area contributed by atoms with E-state index in [0.29, 0.717) is 49.6 Å². The lowest BCUT2D eigenvalue weighted by Gasteiger charge is -2.30. The number of alkyl halides is 6. The maximum atomic E-state index is 13.6. The van der Waals surface area contributed by atoms with Crippen LogP contribution in [0.3, 0.4) is 0 Å². The fraction of sp³-hybridized carbons (Fsp3) is 0.393. The number of nitrogens with one attached hydrogen (secondary N) is 1. The van der Waals surface area contributed by atoms with Crippen LogP contribution in [0.4, 0.5) is 30.7 Å². The number of aromatic amines is 1. The molecule has 4 aromatic rings. The first-order chi connectivity index (χ1) is 20.0. The molecular weight excluding hydrogens is 587 g/mol. The Kier molecular flexibility index (Phi) is 11.2. The third-order valence-corrected chi connectivity index (χ3v) is 6.44. The molecule has 2 aromatic heterocycles. The summed E-state index contributed by atoms with van der Waals surface area (Å²) < 4.78 is 97.8. The predicted molar refractivity (Wildman–Crippen MR) is 147 cm³/mol. The molecule has 0 spiro atoms. The SMILES string of the molecule is CC.CS.Fc1ccc(-c2nc(CN3CCC(c4ncc(-c5ccccc5C(F)(F)F)[nH]4)CC3)no2)cc1C(F)(F)F. The number of benzene rings is 2. The van der Waals surface area contributed by atoms with Gasteiger partial charge in [0.1, 0.15) is 11.6 Å². The fourth-order valence-corrected chi connectivity index (χ4v) is 4.52. The first-order valence-electron chi connectivity index (χ1n) is 13.1. The number of thiol groups is 1. The van der Waals surface area contributed by atoms with Crippen molar-refractivity contribution in [1.82, 2.24) is 25.0 Å². The molecule has 1 N–H and O–H groups in total. The van der Waals surface area contributed by atoms with E-state index in [9.17, 15) is 30.7 Å². The summed E-state index contributed by atoms with van der Waals surface area (Å²) in [6, 6.07) is 7.78. The maximum Gasteiger partial charge on any atom is 0.419 e. The Morgan fingerprint density at radius 2 is 1.60 bits per heavy atom. The number of likely N-dealkylation sites (tertiary alicyclic amines) is 1. The average Bonchev–Trinajstić information content (AvgIpc) is 3.65. The van der Waals surface area contributed by atoms with Gasteiger partial charge in [0.25, 0.3) is 5.89 Å². The zero-order chi connectivity index (χ0) is 31.1. The molecule has 0 bridgehead atoms. The Morgan fingerprint density at radius 3 is 2.24 bits per heavy atom. The van der Waals surface area contributed by atoms with Gasteiger partial charge in [-0.25, -0.2) is 9.37 Å². The Labute approximate surface area is 243 Å². The number of piperidine rings is 1. The zero-order valence-electron chi connectivity index (χ0n) is 23.0. The molecule has 0 unspecified atom stereocenters. The molecule has 3 heterocycles. The number of imidazole rings is 1. The van der Waals surface area contributed by atoms with Crippen molar-refractivity contribution in [2.75, 3.05) is 19.3 Å². The normalized spacial score (nSPS) is 14.5. The van der Waals surface area contributed by atoms with Gasteiger partial charge in [-0.3, -0.25) is 4.90 Å². The summed E-state index contributed by atoms with van der Waals surface area (Å²) in [4.78, 5) is 13.5. The zero-order valence-corrected chi connectivity index (χ0v) is 23.9. The minimum Gasteiger partial charge on any atom is -0.342 e. The standard InChI is InChI=1S/C25H20F7N5O.C2H6.CH4S/c26-19-6-5-15(11-18(19)25(30,31)32)23-35-21(36-38-23)13-37-9-7-14(8-10-37)22-33-12-20(34-22)16-3-1-2-4-17(16)24(27,28)29;2*1-2/h1-6,11-12,14H,7-10,13H2,(H,33,34);1-2H3;2H,1H3. The summed E-state index contributed by atoms with van der Waals surface area (Å²) in [7, 11) is 0. The van der Waals surface area contributed by atoms with Crippen LogP contribution in [0.5, 0.6) is 0 Å². The smallest absolute Gasteiger partial charge is 0.342 e. The van der Waals surface area contributed by atoms with Crippen molar-refractivity contribution < 1.29 is 35.3 Å². The van der Waals surface area contributed by atoms with E-state index < -0.39 is 29.3 Å². The van der Waals surface area contributed by atoms with E-state index in [1.807, 2.05) is 18.7 Å². The second-order valence-corrected chi connectivity index (χ2v) is 8.98. The third kappa shape index (κ3) is 7.91. The van der Waals surface area contributed by atoms with Gasteiger partial charge in [-0.2, -0.15) is 44.0 Å². The largest absolute Gasteiger partial charge is 0.419 e. The van der Waals surface area contributed by atoms with Crippen molar-refractivity contribution in [3.63, 3.8) is 0 Å². The highest BCUT2D eigenvalue weighted by Gasteiger charge is 2.35.